The highest BCUT2D eigenvalue weighted by Gasteiger charge is 2.08. The third kappa shape index (κ3) is 9.95. The summed E-state index contributed by atoms with van der Waals surface area (Å²) in [5.74, 6) is 1.97. The highest BCUT2D eigenvalue weighted by molar-refractivity contribution is 7.98. The Balaban J connectivity index is 2.19. The highest BCUT2D eigenvalue weighted by Crippen LogP contribution is 1.98. The second kappa shape index (κ2) is 13.2. The lowest BCUT2D eigenvalue weighted by atomic mass is 10.3. The van der Waals surface area contributed by atoms with E-state index in [1.54, 1.807) is 7.11 Å². The standard InChI is InChI=1S/C14H30N4O2S/c1-19-10-5-16-14(17-6-13-21-2)15-4-3-7-18-8-11-20-12-9-18/h3-13H2,1-2H3,(H2,15,16,17). The molecule has 6 nitrogen and oxygen atoms in total. The van der Waals surface area contributed by atoms with Crippen molar-refractivity contribution in [2.24, 2.45) is 4.99 Å². The Kier molecular flexibility index (Phi) is 11.6. The van der Waals surface area contributed by atoms with Crippen molar-refractivity contribution in [3.8, 4) is 0 Å². The molecule has 0 amide bonds. The predicted octanol–water partition coefficient (Wildman–Crippen LogP) is 0.253. The molecule has 1 fully saturated rings. The molecule has 2 N–H and O–H groups in total. The predicted molar refractivity (Wildman–Crippen MR) is 90.4 cm³/mol. The van der Waals surface area contributed by atoms with Gasteiger partial charge in [0.05, 0.1) is 19.8 Å². The quantitative estimate of drug-likeness (QED) is 0.342. The van der Waals surface area contributed by atoms with E-state index in [9.17, 15) is 0 Å². The van der Waals surface area contributed by atoms with Crippen LogP contribution in [0.4, 0.5) is 0 Å². The number of hydrogen-bond donors (Lipinski definition) is 2. The van der Waals surface area contributed by atoms with Crippen molar-refractivity contribution in [2.75, 3.05) is 78.2 Å². The summed E-state index contributed by atoms with van der Waals surface area (Å²) in [7, 11) is 1.71. The van der Waals surface area contributed by atoms with Crippen LogP contribution in [0.15, 0.2) is 4.99 Å². The number of ether oxygens (including phenoxy) is 2. The maximum Gasteiger partial charge on any atom is 0.191 e. The summed E-state index contributed by atoms with van der Waals surface area (Å²) < 4.78 is 10.4. The average molecular weight is 318 g/mol. The van der Waals surface area contributed by atoms with Crippen molar-refractivity contribution in [3.63, 3.8) is 0 Å². The van der Waals surface area contributed by atoms with E-state index >= 15 is 0 Å². The fourth-order valence-electron chi connectivity index (χ4n) is 2.03. The Morgan fingerprint density at radius 3 is 2.76 bits per heavy atom. The first-order chi connectivity index (χ1) is 10.4. The number of nitrogens with one attached hydrogen (secondary N) is 2. The minimum Gasteiger partial charge on any atom is -0.383 e. The molecule has 0 spiro atoms. The smallest absolute Gasteiger partial charge is 0.191 e. The minimum atomic E-state index is 0.691. The molecule has 1 rings (SSSR count). The van der Waals surface area contributed by atoms with Gasteiger partial charge in [-0.3, -0.25) is 9.89 Å². The van der Waals surface area contributed by atoms with E-state index in [4.69, 9.17) is 9.47 Å². The largest absolute Gasteiger partial charge is 0.383 e. The Labute approximate surface area is 133 Å². The lowest BCUT2D eigenvalue weighted by Crippen LogP contribution is -2.40. The number of methoxy groups -OCH3 is 1. The number of guanidine groups is 1. The third-order valence-corrected chi connectivity index (χ3v) is 3.82. The first-order valence-electron chi connectivity index (χ1n) is 7.67. The number of morpholine rings is 1. The lowest BCUT2D eigenvalue weighted by molar-refractivity contribution is 0.0377. The topological polar surface area (TPSA) is 58.1 Å². The highest BCUT2D eigenvalue weighted by atomic mass is 32.2. The molecule has 0 bridgehead atoms. The van der Waals surface area contributed by atoms with Crippen LogP contribution >= 0.6 is 11.8 Å². The van der Waals surface area contributed by atoms with Gasteiger partial charge < -0.3 is 20.1 Å². The van der Waals surface area contributed by atoms with E-state index in [2.05, 4.69) is 26.8 Å². The maximum absolute atomic E-state index is 5.35. The zero-order valence-corrected chi connectivity index (χ0v) is 14.2. The van der Waals surface area contributed by atoms with E-state index in [0.717, 1.165) is 70.6 Å². The van der Waals surface area contributed by atoms with Gasteiger partial charge in [-0.1, -0.05) is 0 Å². The first-order valence-corrected chi connectivity index (χ1v) is 9.06. The van der Waals surface area contributed by atoms with Crippen molar-refractivity contribution in [1.82, 2.24) is 15.5 Å². The van der Waals surface area contributed by atoms with E-state index in [1.165, 1.54) is 0 Å². The van der Waals surface area contributed by atoms with Gasteiger partial charge in [0, 0.05) is 52.1 Å². The Morgan fingerprint density at radius 2 is 2.05 bits per heavy atom. The van der Waals surface area contributed by atoms with Crippen molar-refractivity contribution >= 4 is 17.7 Å². The van der Waals surface area contributed by atoms with Crippen LogP contribution in [0.2, 0.25) is 0 Å². The molecular formula is C14H30N4O2S. The van der Waals surface area contributed by atoms with Crippen LogP contribution in [-0.4, -0.2) is 89.1 Å². The Hall–Kier alpha value is -0.500. The SMILES string of the molecule is COCCNC(=NCCCN1CCOCC1)NCCSC. The van der Waals surface area contributed by atoms with Gasteiger partial charge in [-0.15, -0.1) is 0 Å². The molecule has 0 aromatic carbocycles. The molecule has 0 radical (unpaired) electrons. The molecule has 0 unspecified atom stereocenters. The zero-order valence-electron chi connectivity index (χ0n) is 13.4. The second-order valence-corrected chi connectivity index (χ2v) is 5.86. The average Bonchev–Trinajstić information content (AvgIpc) is 2.52. The number of aliphatic imine (C=N–C) groups is 1. The monoisotopic (exact) mass is 318 g/mol. The molecule has 0 aromatic rings. The van der Waals surface area contributed by atoms with Gasteiger partial charge in [0.15, 0.2) is 5.96 Å². The van der Waals surface area contributed by atoms with Gasteiger partial charge in [0.1, 0.15) is 0 Å². The van der Waals surface area contributed by atoms with Crippen LogP contribution in [0.25, 0.3) is 0 Å². The number of nitrogens with zero attached hydrogens (tertiary/aromatic N) is 2. The van der Waals surface area contributed by atoms with E-state index < -0.39 is 0 Å². The van der Waals surface area contributed by atoms with Crippen molar-refractivity contribution in [1.29, 1.82) is 0 Å². The Morgan fingerprint density at radius 1 is 1.29 bits per heavy atom. The summed E-state index contributed by atoms with van der Waals surface area (Å²) in [5, 5.41) is 6.64. The molecule has 0 saturated carbocycles. The summed E-state index contributed by atoms with van der Waals surface area (Å²) in [4.78, 5) is 7.07. The summed E-state index contributed by atoms with van der Waals surface area (Å²) >= 11 is 1.83. The normalized spacial score (nSPS) is 17.0. The molecule has 1 aliphatic rings. The van der Waals surface area contributed by atoms with Gasteiger partial charge in [0.2, 0.25) is 0 Å². The summed E-state index contributed by atoms with van der Waals surface area (Å²) in [6, 6.07) is 0. The van der Waals surface area contributed by atoms with Gasteiger partial charge in [-0.25, -0.2) is 0 Å². The van der Waals surface area contributed by atoms with Crippen LogP contribution in [-0.2, 0) is 9.47 Å². The number of thioether (sulfide) groups is 1. The summed E-state index contributed by atoms with van der Waals surface area (Å²) in [5.41, 5.74) is 0. The van der Waals surface area contributed by atoms with Crippen LogP contribution < -0.4 is 10.6 Å². The fourth-order valence-corrected chi connectivity index (χ4v) is 2.33. The van der Waals surface area contributed by atoms with Gasteiger partial charge in [-0.05, 0) is 12.7 Å². The lowest BCUT2D eigenvalue weighted by Gasteiger charge is -2.26. The van der Waals surface area contributed by atoms with Crippen LogP contribution in [0.3, 0.4) is 0 Å². The molecule has 21 heavy (non-hydrogen) atoms. The molecule has 0 atom stereocenters. The van der Waals surface area contributed by atoms with Gasteiger partial charge in [-0.2, -0.15) is 11.8 Å². The zero-order chi connectivity index (χ0) is 15.2. The molecule has 1 aliphatic heterocycles. The molecule has 7 heteroatoms. The fraction of sp³-hybridized carbons (Fsp3) is 0.929. The van der Waals surface area contributed by atoms with E-state index in [1.807, 2.05) is 11.8 Å². The van der Waals surface area contributed by atoms with Crippen LogP contribution in [0.5, 0.6) is 0 Å². The summed E-state index contributed by atoms with van der Waals surface area (Å²) in [6.07, 6.45) is 3.19. The molecule has 1 heterocycles. The van der Waals surface area contributed by atoms with Crippen molar-refractivity contribution < 1.29 is 9.47 Å². The molecule has 0 aromatic heterocycles. The van der Waals surface area contributed by atoms with Crippen LogP contribution in [0.1, 0.15) is 6.42 Å². The molecular weight excluding hydrogens is 288 g/mol. The molecule has 124 valence electrons. The number of hydrogen-bond acceptors (Lipinski definition) is 5. The minimum absolute atomic E-state index is 0.691. The number of rotatable bonds is 10. The second-order valence-electron chi connectivity index (χ2n) is 4.88. The van der Waals surface area contributed by atoms with E-state index in [0.29, 0.717) is 6.61 Å². The Bertz CT molecular complexity index is 262. The van der Waals surface area contributed by atoms with Crippen molar-refractivity contribution in [2.45, 2.75) is 6.42 Å². The van der Waals surface area contributed by atoms with Crippen LogP contribution in [0, 0.1) is 0 Å². The van der Waals surface area contributed by atoms with Gasteiger partial charge in [0.25, 0.3) is 0 Å². The summed E-state index contributed by atoms with van der Waals surface area (Å²) in [6.45, 7) is 8.18. The molecule has 1 saturated heterocycles. The first kappa shape index (κ1) is 18.5. The molecule has 0 aliphatic carbocycles. The van der Waals surface area contributed by atoms with Crippen molar-refractivity contribution in [3.05, 3.63) is 0 Å². The van der Waals surface area contributed by atoms with Gasteiger partial charge >= 0.3 is 0 Å². The third-order valence-electron chi connectivity index (χ3n) is 3.20. The van der Waals surface area contributed by atoms with E-state index in [-0.39, 0.29) is 0 Å². The maximum atomic E-state index is 5.35.